The average molecular weight is 285 g/mol. The smallest absolute Gasteiger partial charge is 0.293 e. The van der Waals surface area contributed by atoms with Gasteiger partial charge in [-0.3, -0.25) is 4.79 Å². The molecule has 110 valence electrons. The molecule has 0 aliphatic heterocycles. The van der Waals surface area contributed by atoms with Crippen molar-refractivity contribution in [2.24, 2.45) is 0 Å². The predicted octanol–water partition coefficient (Wildman–Crippen LogP) is 2.80. The number of pyridine rings is 1. The Kier molecular flexibility index (Phi) is 4.58. The number of nitrogens with one attached hydrogen (secondary N) is 1. The van der Waals surface area contributed by atoms with Gasteiger partial charge in [0.25, 0.3) is 5.91 Å². The third-order valence-corrected chi connectivity index (χ3v) is 3.71. The van der Waals surface area contributed by atoms with E-state index in [0.29, 0.717) is 11.4 Å². The van der Waals surface area contributed by atoms with Crippen molar-refractivity contribution >= 4 is 11.6 Å². The standard InChI is InChI=1S/C17H20N2O2/c1-12-8-7-11-19(13(12)2)14(3)17(20)18-15-9-5-6-10-16(15)21-4/h5-11,14H,1-4H3/p+1/t14-/m1/s1. The molecule has 1 N–H and O–H groups in total. The lowest BCUT2D eigenvalue weighted by Crippen LogP contribution is -2.47. The maximum Gasteiger partial charge on any atom is 0.293 e. The molecule has 1 atom stereocenters. The van der Waals surface area contributed by atoms with Crippen molar-refractivity contribution in [1.82, 2.24) is 0 Å². The first kappa shape index (κ1) is 15.0. The molecule has 0 saturated heterocycles. The van der Waals surface area contributed by atoms with E-state index in [-0.39, 0.29) is 11.9 Å². The lowest BCUT2D eigenvalue weighted by atomic mass is 10.2. The molecular formula is C17H21N2O2+. The molecule has 1 amide bonds. The Morgan fingerprint density at radius 3 is 2.62 bits per heavy atom. The van der Waals surface area contributed by atoms with E-state index in [4.69, 9.17) is 4.74 Å². The largest absolute Gasteiger partial charge is 0.495 e. The third kappa shape index (κ3) is 3.21. The quantitative estimate of drug-likeness (QED) is 0.878. The number of methoxy groups -OCH3 is 1. The van der Waals surface area contributed by atoms with E-state index < -0.39 is 0 Å². The van der Waals surface area contributed by atoms with Crippen LogP contribution >= 0.6 is 0 Å². The summed E-state index contributed by atoms with van der Waals surface area (Å²) in [6.07, 6.45) is 1.93. The summed E-state index contributed by atoms with van der Waals surface area (Å²) < 4.78 is 7.23. The van der Waals surface area contributed by atoms with E-state index in [1.165, 1.54) is 0 Å². The van der Waals surface area contributed by atoms with Crippen LogP contribution in [0.3, 0.4) is 0 Å². The van der Waals surface area contributed by atoms with E-state index in [9.17, 15) is 4.79 Å². The van der Waals surface area contributed by atoms with E-state index in [1.807, 2.05) is 67.9 Å². The molecule has 2 rings (SSSR count). The second-order valence-electron chi connectivity index (χ2n) is 5.05. The van der Waals surface area contributed by atoms with Gasteiger partial charge in [0.1, 0.15) is 5.75 Å². The van der Waals surface area contributed by atoms with Gasteiger partial charge in [0, 0.05) is 25.5 Å². The van der Waals surface area contributed by atoms with Crippen LogP contribution in [-0.2, 0) is 4.79 Å². The SMILES string of the molecule is COc1ccccc1NC(=O)[C@@H](C)[n+]1cccc(C)c1C. The maximum atomic E-state index is 12.5. The zero-order valence-corrected chi connectivity index (χ0v) is 12.9. The van der Waals surface area contributed by atoms with Crippen molar-refractivity contribution < 1.29 is 14.1 Å². The summed E-state index contributed by atoms with van der Waals surface area (Å²) >= 11 is 0. The highest BCUT2D eigenvalue weighted by molar-refractivity contribution is 5.93. The highest BCUT2D eigenvalue weighted by Crippen LogP contribution is 2.23. The molecule has 1 aromatic carbocycles. The second-order valence-corrected chi connectivity index (χ2v) is 5.05. The molecule has 1 aromatic heterocycles. The van der Waals surface area contributed by atoms with Gasteiger partial charge in [0.05, 0.1) is 12.8 Å². The lowest BCUT2D eigenvalue weighted by molar-refractivity contribution is -0.711. The van der Waals surface area contributed by atoms with Gasteiger partial charge in [-0.1, -0.05) is 12.1 Å². The summed E-state index contributed by atoms with van der Waals surface area (Å²) in [5.74, 6) is 0.585. The molecule has 0 aliphatic carbocycles. The van der Waals surface area contributed by atoms with E-state index in [1.54, 1.807) is 7.11 Å². The van der Waals surface area contributed by atoms with Gasteiger partial charge in [-0.05, 0) is 25.1 Å². The number of benzene rings is 1. The number of nitrogens with zero attached hydrogens (tertiary/aromatic N) is 1. The molecule has 0 unspecified atom stereocenters. The van der Waals surface area contributed by atoms with Crippen LogP contribution in [0, 0.1) is 13.8 Å². The minimum absolute atomic E-state index is 0.0711. The monoisotopic (exact) mass is 285 g/mol. The van der Waals surface area contributed by atoms with E-state index in [2.05, 4.69) is 5.32 Å². The summed E-state index contributed by atoms with van der Waals surface area (Å²) in [5.41, 5.74) is 2.93. The van der Waals surface area contributed by atoms with Gasteiger partial charge >= 0.3 is 0 Å². The first-order valence-corrected chi connectivity index (χ1v) is 6.96. The maximum absolute atomic E-state index is 12.5. The first-order valence-electron chi connectivity index (χ1n) is 6.96. The number of anilines is 1. The topological polar surface area (TPSA) is 42.2 Å². The molecule has 0 saturated carbocycles. The number of amides is 1. The molecule has 4 heteroatoms. The molecule has 0 radical (unpaired) electrons. The van der Waals surface area contributed by atoms with E-state index >= 15 is 0 Å². The minimum Gasteiger partial charge on any atom is -0.495 e. The van der Waals surface area contributed by atoms with Crippen LogP contribution in [0.4, 0.5) is 5.69 Å². The number of carbonyl (C=O) groups excluding carboxylic acids is 1. The van der Waals surface area contributed by atoms with Crippen molar-refractivity contribution in [1.29, 1.82) is 0 Å². The molecule has 1 heterocycles. The number of para-hydroxylation sites is 2. The Hall–Kier alpha value is -2.36. The van der Waals surface area contributed by atoms with Crippen molar-refractivity contribution in [3.8, 4) is 5.75 Å². The zero-order chi connectivity index (χ0) is 15.4. The van der Waals surface area contributed by atoms with Crippen LogP contribution in [0.1, 0.15) is 24.2 Å². The Balaban J connectivity index is 2.22. The molecule has 0 fully saturated rings. The number of aryl methyl sites for hydroxylation is 1. The predicted molar refractivity (Wildman–Crippen MR) is 82.4 cm³/mol. The summed E-state index contributed by atoms with van der Waals surface area (Å²) in [6, 6.07) is 11.1. The minimum atomic E-state index is -0.296. The first-order chi connectivity index (χ1) is 10.0. The van der Waals surface area contributed by atoms with Gasteiger partial charge < -0.3 is 10.1 Å². The molecule has 0 aliphatic rings. The van der Waals surface area contributed by atoms with E-state index in [0.717, 1.165) is 11.3 Å². The molecule has 21 heavy (non-hydrogen) atoms. The van der Waals surface area contributed by atoms with Crippen LogP contribution in [0.5, 0.6) is 5.75 Å². The van der Waals surface area contributed by atoms with Crippen LogP contribution in [0.15, 0.2) is 42.6 Å². The Morgan fingerprint density at radius 1 is 1.19 bits per heavy atom. The zero-order valence-electron chi connectivity index (χ0n) is 12.9. The highest BCUT2D eigenvalue weighted by atomic mass is 16.5. The summed E-state index contributed by atoms with van der Waals surface area (Å²) in [4.78, 5) is 12.5. The molecular weight excluding hydrogens is 264 g/mol. The fourth-order valence-electron chi connectivity index (χ4n) is 2.25. The fraction of sp³-hybridized carbons (Fsp3) is 0.294. The van der Waals surface area contributed by atoms with Gasteiger partial charge in [0.2, 0.25) is 6.04 Å². The van der Waals surface area contributed by atoms with Crippen LogP contribution in [-0.4, -0.2) is 13.0 Å². The van der Waals surface area contributed by atoms with Crippen LogP contribution in [0.2, 0.25) is 0 Å². The summed E-state index contributed by atoms with van der Waals surface area (Å²) in [6.45, 7) is 5.94. The lowest BCUT2D eigenvalue weighted by Gasteiger charge is -2.13. The van der Waals surface area contributed by atoms with Crippen molar-refractivity contribution in [3.05, 3.63) is 53.9 Å². The number of carbonyl (C=O) groups is 1. The van der Waals surface area contributed by atoms with Gasteiger partial charge in [-0.25, -0.2) is 0 Å². The van der Waals surface area contributed by atoms with Gasteiger partial charge in [-0.15, -0.1) is 0 Å². The molecule has 0 spiro atoms. The van der Waals surface area contributed by atoms with Gasteiger partial charge in [-0.2, -0.15) is 4.57 Å². The highest BCUT2D eigenvalue weighted by Gasteiger charge is 2.25. The number of hydrogen-bond acceptors (Lipinski definition) is 2. The summed E-state index contributed by atoms with van der Waals surface area (Å²) in [7, 11) is 1.59. The number of ether oxygens (including phenoxy) is 1. The Labute approximate surface area is 125 Å². The van der Waals surface area contributed by atoms with Crippen molar-refractivity contribution in [2.75, 3.05) is 12.4 Å². The van der Waals surface area contributed by atoms with Crippen molar-refractivity contribution in [3.63, 3.8) is 0 Å². The van der Waals surface area contributed by atoms with Gasteiger partial charge in [0.15, 0.2) is 11.9 Å². The normalized spacial score (nSPS) is 11.8. The number of aromatic nitrogens is 1. The number of hydrogen-bond donors (Lipinski definition) is 1. The van der Waals surface area contributed by atoms with Crippen molar-refractivity contribution in [2.45, 2.75) is 26.8 Å². The Bertz CT molecular complexity index is 653. The second kappa shape index (κ2) is 6.39. The molecule has 0 bridgehead atoms. The average Bonchev–Trinajstić information content (AvgIpc) is 2.50. The molecule has 2 aromatic rings. The van der Waals surface area contributed by atoms with Crippen LogP contribution < -0.4 is 14.6 Å². The Morgan fingerprint density at radius 2 is 1.90 bits per heavy atom. The van der Waals surface area contributed by atoms with Crippen LogP contribution in [0.25, 0.3) is 0 Å². The number of rotatable bonds is 4. The third-order valence-electron chi connectivity index (χ3n) is 3.71. The fourth-order valence-corrected chi connectivity index (χ4v) is 2.25. The molecule has 4 nitrogen and oxygen atoms in total. The summed E-state index contributed by atoms with van der Waals surface area (Å²) in [5, 5.41) is 2.92.